The Balaban J connectivity index is 2.61. The van der Waals surface area contributed by atoms with Crippen LogP contribution in [0, 0.1) is 0 Å². The lowest BCUT2D eigenvalue weighted by Gasteiger charge is -2.29. The topological polar surface area (TPSA) is 30.7 Å². The minimum Gasteiger partial charge on any atom is -0.325 e. The molecule has 2 aromatic rings. The van der Waals surface area contributed by atoms with Crippen molar-refractivity contribution in [2.45, 2.75) is 39.2 Å². The Kier molecular flexibility index (Phi) is 2.47. The second-order valence-corrected chi connectivity index (χ2v) is 4.18. The molecule has 0 bridgehead atoms. The van der Waals surface area contributed by atoms with Gasteiger partial charge in [0.1, 0.15) is 5.52 Å². The summed E-state index contributed by atoms with van der Waals surface area (Å²) < 4.78 is 2.27. The molecule has 0 aromatic carbocycles. The number of fused-ring (bicyclic) bond motifs is 1. The van der Waals surface area contributed by atoms with Crippen LogP contribution < -0.4 is 0 Å². The van der Waals surface area contributed by atoms with Crippen LogP contribution in [-0.4, -0.2) is 14.5 Å². The van der Waals surface area contributed by atoms with Crippen molar-refractivity contribution >= 4 is 11.0 Å². The fraction of sp³-hybridized carbons (Fsp3) is 0.500. The monoisotopic (exact) mass is 203 g/mol. The van der Waals surface area contributed by atoms with E-state index in [1.54, 1.807) is 0 Å². The SMILES string of the molecule is CCC(C)(CC)n1cnc2cnccc21. The predicted molar refractivity (Wildman–Crippen MR) is 61.8 cm³/mol. The van der Waals surface area contributed by atoms with Crippen LogP contribution in [0.25, 0.3) is 11.0 Å². The molecule has 3 nitrogen and oxygen atoms in total. The van der Waals surface area contributed by atoms with E-state index in [9.17, 15) is 0 Å². The first-order valence-corrected chi connectivity index (χ1v) is 5.49. The maximum atomic E-state index is 4.38. The van der Waals surface area contributed by atoms with Gasteiger partial charge in [-0.1, -0.05) is 13.8 Å². The predicted octanol–water partition coefficient (Wildman–Crippen LogP) is 2.97. The average molecular weight is 203 g/mol. The third-order valence-electron chi connectivity index (χ3n) is 3.45. The summed E-state index contributed by atoms with van der Waals surface area (Å²) in [5.74, 6) is 0. The molecule has 0 saturated carbocycles. The van der Waals surface area contributed by atoms with E-state index in [0.717, 1.165) is 18.4 Å². The lowest BCUT2D eigenvalue weighted by molar-refractivity contribution is 0.302. The van der Waals surface area contributed by atoms with Crippen molar-refractivity contribution in [3.05, 3.63) is 24.8 Å². The summed E-state index contributed by atoms with van der Waals surface area (Å²) in [6.45, 7) is 6.71. The number of hydrogen-bond acceptors (Lipinski definition) is 2. The quantitative estimate of drug-likeness (QED) is 0.767. The smallest absolute Gasteiger partial charge is 0.107 e. The number of nitrogens with zero attached hydrogens (tertiary/aromatic N) is 3. The number of hydrogen-bond donors (Lipinski definition) is 0. The van der Waals surface area contributed by atoms with Crippen LogP contribution in [-0.2, 0) is 5.54 Å². The van der Waals surface area contributed by atoms with E-state index in [4.69, 9.17) is 0 Å². The standard InChI is InChI=1S/C12H17N3/c1-4-12(3,5-2)15-9-14-10-8-13-7-6-11(10)15/h6-9H,4-5H2,1-3H3. The molecule has 15 heavy (non-hydrogen) atoms. The summed E-state index contributed by atoms with van der Waals surface area (Å²) in [5.41, 5.74) is 2.32. The molecule has 2 aromatic heterocycles. The van der Waals surface area contributed by atoms with Gasteiger partial charge in [0.15, 0.2) is 0 Å². The van der Waals surface area contributed by atoms with Gasteiger partial charge >= 0.3 is 0 Å². The second kappa shape index (κ2) is 3.65. The van der Waals surface area contributed by atoms with Gasteiger partial charge in [0.25, 0.3) is 0 Å². The normalized spacial score (nSPS) is 12.2. The van der Waals surface area contributed by atoms with Crippen LogP contribution in [0.3, 0.4) is 0 Å². The molecule has 0 aliphatic carbocycles. The molecular formula is C12H17N3. The number of imidazole rings is 1. The van der Waals surface area contributed by atoms with Crippen molar-refractivity contribution in [1.82, 2.24) is 14.5 Å². The summed E-state index contributed by atoms with van der Waals surface area (Å²) in [5, 5.41) is 0. The Morgan fingerprint density at radius 1 is 1.33 bits per heavy atom. The maximum absolute atomic E-state index is 4.38. The van der Waals surface area contributed by atoms with Crippen molar-refractivity contribution in [1.29, 1.82) is 0 Å². The highest BCUT2D eigenvalue weighted by Crippen LogP contribution is 2.28. The van der Waals surface area contributed by atoms with E-state index in [1.165, 1.54) is 5.52 Å². The molecule has 0 aliphatic heterocycles. The van der Waals surface area contributed by atoms with Crippen LogP contribution in [0.2, 0.25) is 0 Å². The molecule has 0 fully saturated rings. The molecule has 0 aliphatic rings. The summed E-state index contributed by atoms with van der Waals surface area (Å²) in [6, 6.07) is 2.03. The highest BCUT2D eigenvalue weighted by atomic mass is 15.1. The van der Waals surface area contributed by atoms with Crippen molar-refractivity contribution in [3.63, 3.8) is 0 Å². The number of aromatic nitrogens is 3. The summed E-state index contributed by atoms with van der Waals surface area (Å²) >= 11 is 0. The van der Waals surface area contributed by atoms with Gasteiger partial charge in [-0.3, -0.25) is 4.98 Å². The first-order chi connectivity index (χ1) is 7.21. The fourth-order valence-corrected chi connectivity index (χ4v) is 1.88. The first kappa shape index (κ1) is 10.1. The lowest BCUT2D eigenvalue weighted by atomic mass is 9.95. The Morgan fingerprint density at radius 2 is 2.07 bits per heavy atom. The minimum atomic E-state index is 0.163. The van der Waals surface area contributed by atoms with Gasteiger partial charge in [-0.2, -0.15) is 0 Å². The van der Waals surface area contributed by atoms with Crippen LogP contribution in [0.15, 0.2) is 24.8 Å². The van der Waals surface area contributed by atoms with Crippen molar-refractivity contribution in [2.24, 2.45) is 0 Å². The van der Waals surface area contributed by atoms with Crippen molar-refractivity contribution < 1.29 is 0 Å². The van der Waals surface area contributed by atoms with Gasteiger partial charge in [-0.25, -0.2) is 4.98 Å². The molecule has 0 atom stereocenters. The molecule has 0 unspecified atom stereocenters. The molecule has 3 heteroatoms. The zero-order chi connectivity index (χ0) is 10.9. The highest BCUT2D eigenvalue weighted by molar-refractivity contribution is 5.74. The van der Waals surface area contributed by atoms with Crippen molar-refractivity contribution in [2.75, 3.05) is 0 Å². The van der Waals surface area contributed by atoms with Gasteiger partial charge < -0.3 is 4.57 Å². The van der Waals surface area contributed by atoms with Gasteiger partial charge in [-0.15, -0.1) is 0 Å². The van der Waals surface area contributed by atoms with E-state index in [-0.39, 0.29) is 5.54 Å². The molecule has 0 amide bonds. The number of rotatable bonds is 3. The summed E-state index contributed by atoms with van der Waals surface area (Å²) in [7, 11) is 0. The Morgan fingerprint density at radius 3 is 2.73 bits per heavy atom. The third-order valence-corrected chi connectivity index (χ3v) is 3.45. The van der Waals surface area contributed by atoms with Gasteiger partial charge in [0.05, 0.1) is 18.0 Å². The first-order valence-electron chi connectivity index (χ1n) is 5.49. The Bertz CT molecular complexity index is 455. The van der Waals surface area contributed by atoms with Crippen LogP contribution in [0.1, 0.15) is 33.6 Å². The van der Waals surface area contributed by atoms with Gasteiger partial charge in [0.2, 0.25) is 0 Å². The fourth-order valence-electron chi connectivity index (χ4n) is 1.88. The lowest BCUT2D eigenvalue weighted by Crippen LogP contribution is -2.27. The molecular weight excluding hydrogens is 186 g/mol. The van der Waals surface area contributed by atoms with Gasteiger partial charge in [0, 0.05) is 11.7 Å². The second-order valence-electron chi connectivity index (χ2n) is 4.18. The minimum absolute atomic E-state index is 0.163. The number of pyridine rings is 1. The summed E-state index contributed by atoms with van der Waals surface area (Å²) in [4.78, 5) is 8.47. The maximum Gasteiger partial charge on any atom is 0.107 e. The zero-order valence-electron chi connectivity index (χ0n) is 9.57. The van der Waals surface area contributed by atoms with E-state index < -0.39 is 0 Å². The Labute approximate surface area is 90.2 Å². The van der Waals surface area contributed by atoms with Crippen LogP contribution in [0.4, 0.5) is 0 Å². The van der Waals surface area contributed by atoms with E-state index >= 15 is 0 Å². The van der Waals surface area contributed by atoms with E-state index in [2.05, 4.69) is 35.3 Å². The van der Waals surface area contributed by atoms with Crippen LogP contribution >= 0.6 is 0 Å². The molecule has 80 valence electrons. The van der Waals surface area contributed by atoms with E-state index in [0.29, 0.717) is 0 Å². The molecule has 0 saturated heterocycles. The van der Waals surface area contributed by atoms with E-state index in [1.807, 2.05) is 24.8 Å². The molecule has 0 N–H and O–H groups in total. The molecule has 0 radical (unpaired) electrons. The average Bonchev–Trinajstić information content (AvgIpc) is 2.72. The van der Waals surface area contributed by atoms with Crippen LogP contribution in [0.5, 0.6) is 0 Å². The highest BCUT2D eigenvalue weighted by Gasteiger charge is 2.23. The third kappa shape index (κ3) is 1.52. The summed E-state index contributed by atoms with van der Waals surface area (Å²) in [6.07, 6.45) is 7.79. The van der Waals surface area contributed by atoms with Crippen molar-refractivity contribution in [3.8, 4) is 0 Å². The molecule has 2 heterocycles. The van der Waals surface area contributed by atoms with Gasteiger partial charge in [-0.05, 0) is 25.8 Å². The zero-order valence-corrected chi connectivity index (χ0v) is 9.57. The Hall–Kier alpha value is -1.38. The largest absolute Gasteiger partial charge is 0.325 e. The molecule has 2 rings (SSSR count). The molecule has 0 spiro atoms.